The molecular weight excluding hydrogens is 929 g/mol. The smallest absolute Gasteiger partial charge is 0.152 e. The Morgan fingerprint density at radius 1 is 0.557 bits per heavy atom. The van der Waals surface area contributed by atoms with Gasteiger partial charge < -0.3 is 39.5 Å². The van der Waals surface area contributed by atoms with Crippen LogP contribution in [0.1, 0.15) is 68.7 Å². The van der Waals surface area contributed by atoms with E-state index in [4.69, 9.17) is 28.9 Å². The van der Waals surface area contributed by atoms with Crippen LogP contribution in [0, 0.1) is 13.8 Å². The number of carbonyl (C=O) groups is 1. The van der Waals surface area contributed by atoms with Gasteiger partial charge in [-0.05, 0) is 59.4 Å². The molecule has 0 saturated heterocycles. The number of para-hydroxylation sites is 2. The quantitative estimate of drug-likeness (QED) is 0.0563. The Morgan fingerprint density at radius 3 is 1.26 bits per heavy atom. The van der Waals surface area contributed by atoms with E-state index in [2.05, 4.69) is 20.6 Å². The number of aromatic amines is 2. The predicted octanol–water partition coefficient (Wildman–Crippen LogP) is 9.32. The number of benzene rings is 4. The van der Waals surface area contributed by atoms with Crippen molar-refractivity contribution in [3.63, 3.8) is 0 Å². The fourth-order valence-corrected chi connectivity index (χ4v) is 11.0. The SMILES string of the molecule is COc1cc(NC(c2ncccc2C)C(C(=O)C(c2c[nH]c3c(CS(C)(=O)=O)cccc23)C(Nc2cc(OC)cc(OC)c2)c2ncccc2C)c2c[nH]c3c(CS(C)(=O)=O)cccc23)cc(OC)c1. The molecule has 8 rings (SSSR count). The number of aryl methyl sites for hydroxylation is 2. The third kappa shape index (κ3) is 10.6. The van der Waals surface area contributed by atoms with Crippen molar-refractivity contribution in [1.29, 1.82) is 0 Å². The van der Waals surface area contributed by atoms with E-state index in [1.54, 1.807) is 89.6 Å². The van der Waals surface area contributed by atoms with Crippen LogP contribution >= 0.6 is 0 Å². The summed E-state index contributed by atoms with van der Waals surface area (Å²) in [5.41, 5.74) is 7.17. The van der Waals surface area contributed by atoms with Crippen molar-refractivity contribution in [3.05, 3.63) is 167 Å². The zero-order valence-corrected chi connectivity index (χ0v) is 41.8. The average Bonchev–Trinajstić information content (AvgIpc) is 3.96. The Labute approximate surface area is 407 Å². The molecule has 0 radical (unpaired) electrons. The largest absolute Gasteiger partial charge is 0.497 e. The van der Waals surface area contributed by atoms with Crippen LogP contribution < -0.4 is 29.6 Å². The highest BCUT2D eigenvalue weighted by molar-refractivity contribution is 7.90. The molecule has 0 aliphatic rings. The lowest BCUT2D eigenvalue weighted by molar-refractivity contribution is -0.122. The highest BCUT2D eigenvalue weighted by Gasteiger charge is 2.44. The van der Waals surface area contributed by atoms with Gasteiger partial charge in [0, 0.05) is 107 Å². The molecule has 4 heterocycles. The number of rotatable bonds is 20. The van der Waals surface area contributed by atoms with Crippen LogP contribution in [0.2, 0.25) is 0 Å². The van der Waals surface area contributed by atoms with E-state index in [9.17, 15) is 16.8 Å². The number of nitrogens with one attached hydrogen (secondary N) is 4. The van der Waals surface area contributed by atoms with E-state index in [0.717, 1.165) is 11.1 Å². The molecule has 8 aromatic rings. The van der Waals surface area contributed by atoms with Crippen molar-refractivity contribution in [1.82, 2.24) is 19.9 Å². The number of sulfone groups is 2. The van der Waals surface area contributed by atoms with Crippen LogP contribution in [-0.4, -0.2) is 83.5 Å². The normalized spacial score (nSPS) is 13.6. The fourth-order valence-electron chi connectivity index (χ4n) is 9.39. The number of ether oxygens (including phenoxy) is 4. The number of anilines is 2. The molecular formula is C53H56N6O9S2. The molecule has 4 N–H and O–H groups in total. The zero-order chi connectivity index (χ0) is 49.9. The second-order valence-corrected chi connectivity index (χ2v) is 21.8. The maximum Gasteiger partial charge on any atom is 0.152 e. The Kier molecular flexibility index (Phi) is 14.2. The van der Waals surface area contributed by atoms with E-state index in [1.165, 1.54) is 12.5 Å². The van der Waals surface area contributed by atoms with Crippen LogP contribution in [0.5, 0.6) is 23.0 Å². The number of carbonyl (C=O) groups excluding carboxylic acids is 1. The molecule has 70 heavy (non-hydrogen) atoms. The highest BCUT2D eigenvalue weighted by Crippen LogP contribution is 2.48. The number of ketones is 1. The Morgan fingerprint density at radius 2 is 0.929 bits per heavy atom. The Balaban J connectivity index is 1.47. The van der Waals surface area contributed by atoms with Gasteiger partial charge >= 0.3 is 0 Å². The maximum atomic E-state index is 17.2. The van der Waals surface area contributed by atoms with Gasteiger partial charge in [0.15, 0.2) is 25.5 Å². The topological polar surface area (TPSA) is 204 Å². The summed E-state index contributed by atoms with van der Waals surface area (Å²) in [6.45, 7) is 3.87. The first-order chi connectivity index (χ1) is 33.5. The molecule has 4 atom stereocenters. The zero-order valence-electron chi connectivity index (χ0n) is 40.2. The number of pyridine rings is 2. The summed E-state index contributed by atoms with van der Waals surface area (Å²) in [5, 5.41) is 8.70. The number of methoxy groups -OCH3 is 4. The number of hydrogen-bond acceptors (Lipinski definition) is 13. The molecule has 0 aliphatic heterocycles. The van der Waals surface area contributed by atoms with Crippen molar-refractivity contribution in [2.75, 3.05) is 51.6 Å². The molecule has 0 bridgehead atoms. The van der Waals surface area contributed by atoms with Crippen LogP contribution in [-0.2, 0) is 36.0 Å². The van der Waals surface area contributed by atoms with Gasteiger partial charge in [0.25, 0.3) is 0 Å². The molecule has 0 aliphatic carbocycles. The van der Waals surface area contributed by atoms with Crippen molar-refractivity contribution < 1.29 is 40.6 Å². The lowest BCUT2D eigenvalue weighted by Crippen LogP contribution is -2.35. The van der Waals surface area contributed by atoms with Gasteiger partial charge in [-0.2, -0.15) is 0 Å². The van der Waals surface area contributed by atoms with Gasteiger partial charge in [0.1, 0.15) is 23.0 Å². The first-order valence-electron chi connectivity index (χ1n) is 22.4. The molecule has 0 fully saturated rings. The average molecular weight is 985 g/mol. The molecule has 4 unspecified atom stereocenters. The molecule has 4 aromatic carbocycles. The minimum atomic E-state index is -3.49. The maximum absolute atomic E-state index is 17.2. The molecule has 4 aromatic heterocycles. The second-order valence-electron chi connectivity index (χ2n) is 17.5. The summed E-state index contributed by atoms with van der Waals surface area (Å²) < 4.78 is 74.3. The van der Waals surface area contributed by atoms with Gasteiger partial charge in [0.2, 0.25) is 0 Å². The first kappa shape index (κ1) is 49.1. The number of nitrogens with zero attached hydrogens (tertiary/aromatic N) is 2. The van der Waals surface area contributed by atoms with Gasteiger partial charge in [-0.25, -0.2) is 16.8 Å². The van der Waals surface area contributed by atoms with Crippen LogP contribution in [0.3, 0.4) is 0 Å². The summed E-state index contributed by atoms with van der Waals surface area (Å²) in [7, 11) is -0.739. The lowest BCUT2D eigenvalue weighted by atomic mass is 9.74. The predicted molar refractivity (Wildman–Crippen MR) is 274 cm³/mol. The van der Waals surface area contributed by atoms with Crippen LogP contribution in [0.25, 0.3) is 21.8 Å². The third-order valence-electron chi connectivity index (χ3n) is 12.5. The van der Waals surface area contributed by atoms with Crippen LogP contribution in [0.15, 0.2) is 122 Å². The van der Waals surface area contributed by atoms with Gasteiger partial charge in [-0.3, -0.25) is 14.8 Å². The first-order valence-corrected chi connectivity index (χ1v) is 26.5. The number of hydrogen-bond donors (Lipinski definition) is 4. The third-order valence-corrected chi connectivity index (χ3v) is 14.2. The van der Waals surface area contributed by atoms with E-state index in [1.807, 2.05) is 74.5 Å². The number of H-pyrrole nitrogens is 2. The summed E-state index contributed by atoms with van der Waals surface area (Å²) in [5.74, 6) is -0.989. The molecule has 364 valence electrons. The molecule has 15 nitrogen and oxygen atoms in total. The van der Waals surface area contributed by atoms with Crippen molar-refractivity contribution >= 4 is 58.6 Å². The summed E-state index contributed by atoms with van der Waals surface area (Å²) in [6.07, 6.45) is 9.29. The minimum Gasteiger partial charge on any atom is -0.497 e. The molecule has 0 spiro atoms. The summed E-state index contributed by atoms with van der Waals surface area (Å²) >= 11 is 0. The lowest BCUT2D eigenvalue weighted by Gasteiger charge is -2.35. The minimum absolute atomic E-state index is 0.240. The second kappa shape index (κ2) is 20.3. The number of Topliss-reactive ketones (excluding diaryl/α,β-unsaturated/α-hetero) is 1. The van der Waals surface area contributed by atoms with Crippen molar-refractivity contribution in [2.24, 2.45) is 0 Å². The Hall–Kier alpha value is -7.37. The summed E-state index contributed by atoms with van der Waals surface area (Å²) in [4.78, 5) is 33.9. The summed E-state index contributed by atoms with van der Waals surface area (Å²) in [6, 6.07) is 27.3. The van der Waals surface area contributed by atoms with Gasteiger partial charge in [-0.15, -0.1) is 0 Å². The monoisotopic (exact) mass is 984 g/mol. The van der Waals surface area contributed by atoms with Gasteiger partial charge in [0.05, 0.1) is 75.3 Å². The fraction of sp³-hybridized carbons (Fsp3) is 0.264. The number of fused-ring (bicyclic) bond motifs is 2. The molecule has 0 saturated carbocycles. The van der Waals surface area contributed by atoms with E-state index in [-0.39, 0.29) is 17.3 Å². The van der Waals surface area contributed by atoms with E-state index >= 15 is 4.79 Å². The van der Waals surface area contributed by atoms with Crippen molar-refractivity contribution in [2.45, 2.75) is 49.3 Å². The molecule has 17 heteroatoms. The molecule has 0 amide bonds. The van der Waals surface area contributed by atoms with Crippen LogP contribution in [0.4, 0.5) is 11.4 Å². The number of aromatic nitrogens is 4. The van der Waals surface area contributed by atoms with Crippen molar-refractivity contribution in [3.8, 4) is 23.0 Å². The highest BCUT2D eigenvalue weighted by atomic mass is 32.2. The van der Waals surface area contributed by atoms with E-state index < -0.39 is 43.6 Å². The van der Waals surface area contributed by atoms with E-state index in [0.29, 0.717) is 89.8 Å². The van der Waals surface area contributed by atoms with Gasteiger partial charge in [-0.1, -0.05) is 48.5 Å². The Bertz CT molecular complexity index is 3170. The standard InChI is InChI=1S/C53H56N6O9S2/c1-31-13-11-19-54-47(31)51(58-35-21-37(65-3)25-38(22-35)66-4)45(43-27-56-49-33(29-69(7,61)62)15-9-17-41(43)49)53(60)46(44-28-57-50-34(30-70(8,63)64)16-10-18-42(44)50)52(48-32(2)14-12-20-55-48)59-36-23-39(67-5)26-40(24-36)68-6/h9-28,45-46,51-52,56-59H,29-30H2,1-8H3.